The SMILES string of the molecule is CCN(C(=O)C(N)Cc1ccccc1)C1C2CCC(C2)C1c1ccccc1. The van der Waals surface area contributed by atoms with E-state index in [1.807, 2.05) is 30.3 Å². The summed E-state index contributed by atoms with van der Waals surface area (Å²) in [4.78, 5) is 15.4. The first-order chi connectivity index (χ1) is 13.2. The van der Waals surface area contributed by atoms with Gasteiger partial charge >= 0.3 is 0 Å². The molecule has 0 heterocycles. The predicted octanol–water partition coefficient (Wildman–Crippen LogP) is 3.99. The average Bonchev–Trinajstić information content (AvgIpc) is 3.32. The van der Waals surface area contributed by atoms with E-state index < -0.39 is 6.04 Å². The van der Waals surface area contributed by atoms with Gasteiger partial charge in [0, 0.05) is 18.5 Å². The lowest BCUT2D eigenvalue weighted by Crippen LogP contribution is -2.53. The van der Waals surface area contributed by atoms with E-state index in [-0.39, 0.29) is 5.91 Å². The number of amides is 1. The number of rotatable bonds is 6. The number of nitrogens with two attached hydrogens (primary N) is 1. The first-order valence-electron chi connectivity index (χ1n) is 10.3. The van der Waals surface area contributed by atoms with Crippen LogP contribution in [0, 0.1) is 11.8 Å². The Morgan fingerprint density at radius 3 is 2.33 bits per heavy atom. The molecule has 2 bridgehead atoms. The van der Waals surface area contributed by atoms with Gasteiger partial charge in [0.1, 0.15) is 0 Å². The molecule has 5 atom stereocenters. The van der Waals surface area contributed by atoms with E-state index in [1.54, 1.807) is 0 Å². The molecule has 2 aromatic carbocycles. The van der Waals surface area contributed by atoms with Crippen molar-refractivity contribution in [3.8, 4) is 0 Å². The van der Waals surface area contributed by atoms with E-state index in [0.717, 1.165) is 12.1 Å². The van der Waals surface area contributed by atoms with Gasteiger partial charge in [-0.25, -0.2) is 0 Å². The standard InChI is InChI=1S/C24H30N2O/c1-2-26(24(27)21(25)15-17-9-5-3-6-10-17)23-20-14-13-19(16-20)22(23)18-11-7-4-8-12-18/h3-12,19-23H,2,13-16,25H2,1H3. The van der Waals surface area contributed by atoms with Crippen molar-refractivity contribution >= 4 is 5.91 Å². The minimum Gasteiger partial charge on any atom is -0.338 e. The highest BCUT2D eigenvalue weighted by Crippen LogP contribution is 2.54. The lowest BCUT2D eigenvalue weighted by Gasteiger charge is -2.40. The molecule has 3 nitrogen and oxygen atoms in total. The highest BCUT2D eigenvalue weighted by Gasteiger charge is 2.51. The van der Waals surface area contributed by atoms with Gasteiger partial charge in [-0.1, -0.05) is 60.7 Å². The Hall–Kier alpha value is -2.13. The molecule has 2 fully saturated rings. The number of benzene rings is 2. The summed E-state index contributed by atoms with van der Waals surface area (Å²) in [5, 5.41) is 0. The molecule has 2 aliphatic rings. The van der Waals surface area contributed by atoms with Crippen LogP contribution in [0.1, 0.15) is 43.2 Å². The van der Waals surface area contributed by atoms with Crippen molar-refractivity contribution in [3.63, 3.8) is 0 Å². The number of carbonyl (C=O) groups excluding carboxylic acids is 1. The van der Waals surface area contributed by atoms with Crippen LogP contribution in [0.2, 0.25) is 0 Å². The minimum absolute atomic E-state index is 0.111. The van der Waals surface area contributed by atoms with Gasteiger partial charge in [0.05, 0.1) is 6.04 Å². The second-order valence-corrected chi connectivity index (χ2v) is 8.18. The molecule has 2 aliphatic carbocycles. The van der Waals surface area contributed by atoms with Gasteiger partial charge in [0.15, 0.2) is 0 Å². The number of hydrogen-bond donors (Lipinski definition) is 1. The maximum absolute atomic E-state index is 13.3. The van der Waals surface area contributed by atoms with Crippen molar-refractivity contribution in [2.45, 2.75) is 50.6 Å². The van der Waals surface area contributed by atoms with Crippen molar-refractivity contribution < 1.29 is 4.79 Å². The highest BCUT2D eigenvalue weighted by atomic mass is 16.2. The van der Waals surface area contributed by atoms with Crippen molar-refractivity contribution in [1.82, 2.24) is 4.90 Å². The number of hydrogen-bond acceptors (Lipinski definition) is 2. The Kier molecular flexibility index (Phi) is 5.31. The maximum Gasteiger partial charge on any atom is 0.240 e. The number of carbonyl (C=O) groups is 1. The van der Waals surface area contributed by atoms with Gasteiger partial charge in [-0.05, 0) is 55.6 Å². The fourth-order valence-corrected chi connectivity index (χ4v) is 5.54. The van der Waals surface area contributed by atoms with Gasteiger partial charge in [-0.2, -0.15) is 0 Å². The predicted molar refractivity (Wildman–Crippen MR) is 109 cm³/mol. The van der Waals surface area contributed by atoms with Crippen LogP contribution in [-0.4, -0.2) is 29.4 Å². The number of fused-ring (bicyclic) bond motifs is 2. The second-order valence-electron chi connectivity index (χ2n) is 8.18. The molecule has 27 heavy (non-hydrogen) atoms. The van der Waals surface area contributed by atoms with Crippen molar-refractivity contribution in [2.24, 2.45) is 17.6 Å². The molecule has 142 valence electrons. The second kappa shape index (κ2) is 7.85. The first-order valence-corrected chi connectivity index (χ1v) is 10.3. The van der Waals surface area contributed by atoms with Crippen molar-refractivity contribution in [2.75, 3.05) is 6.54 Å². The van der Waals surface area contributed by atoms with Crippen molar-refractivity contribution in [3.05, 3.63) is 71.8 Å². The van der Waals surface area contributed by atoms with Crippen molar-refractivity contribution in [1.29, 1.82) is 0 Å². The summed E-state index contributed by atoms with van der Waals surface area (Å²) < 4.78 is 0. The van der Waals surface area contributed by atoms with Crippen LogP contribution in [0.5, 0.6) is 0 Å². The van der Waals surface area contributed by atoms with E-state index in [2.05, 4.69) is 42.2 Å². The Morgan fingerprint density at radius 1 is 1.04 bits per heavy atom. The van der Waals surface area contributed by atoms with E-state index in [0.29, 0.717) is 30.2 Å². The summed E-state index contributed by atoms with van der Waals surface area (Å²) in [7, 11) is 0. The molecule has 3 heteroatoms. The molecule has 2 aromatic rings. The van der Waals surface area contributed by atoms with E-state index >= 15 is 0 Å². The van der Waals surface area contributed by atoms with E-state index in [1.165, 1.54) is 24.8 Å². The van der Waals surface area contributed by atoms with Gasteiger partial charge in [-0.15, -0.1) is 0 Å². The van der Waals surface area contributed by atoms with Crippen LogP contribution in [0.4, 0.5) is 0 Å². The summed E-state index contributed by atoms with van der Waals surface area (Å²) >= 11 is 0. The number of nitrogens with zero attached hydrogens (tertiary/aromatic N) is 1. The highest BCUT2D eigenvalue weighted by molar-refractivity contribution is 5.82. The third-order valence-corrected chi connectivity index (χ3v) is 6.66. The Bertz CT molecular complexity index is 760. The monoisotopic (exact) mass is 362 g/mol. The molecule has 2 saturated carbocycles. The molecule has 0 spiro atoms. The van der Waals surface area contributed by atoms with E-state index in [9.17, 15) is 4.79 Å². The Morgan fingerprint density at radius 2 is 1.67 bits per heavy atom. The van der Waals surface area contributed by atoms with Crippen LogP contribution in [0.3, 0.4) is 0 Å². The summed E-state index contributed by atoms with van der Waals surface area (Å²) in [6.45, 7) is 2.83. The molecule has 5 unspecified atom stereocenters. The summed E-state index contributed by atoms with van der Waals surface area (Å²) in [5.74, 6) is 1.89. The average molecular weight is 363 g/mol. The fraction of sp³-hybridized carbons (Fsp3) is 0.458. The van der Waals surface area contributed by atoms with Gasteiger partial charge < -0.3 is 10.6 Å². The van der Waals surface area contributed by atoms with Crippen LogP contribution >= 0.6 is 0 Å². The summed E-state index contributed by atoms with van der Waals surface area (Å²) in [5.41, 5.74) is 8.90. The summed E-state index contributed by atoms with van der Waals surface area (Å²) in [6, 6.07) is 20.7. The zero-order valence-electron chi connectivity index (χ0n) is 16.1. The molecular weight excluding hydrogens is 332 g/mol. The molecule has 0 radical (unpaired) electrons. The summed E-state index contributed by atoms with van der Waals surface area (Å²) in [6.07, 6.45) is 4.40. The molecular formula is C24H30N2O. The third-order valence-electron chi connectivity index (χ3n) is 6.66. The normalized spacial score (nSPS) is 27.5. The largest absolute Gasteiger partial charge is 0.338 e. The minimum atomic E-state index is -0.470. The molecule has 1 amide bonds. The molecule has 0 saturated heterocycles. The fourth-order valence-electron chi connectivity index (χ4n) is 5.54. The Balaban J connectivity index is 1.56. The molecule has 0 aliphatic heterocycles. The molecule has 2 N–H and O–H groups in total. The first kappa shape index (κ1) is 18.2. The van der Waals surface area contributed by atoms with Crippen LogP contribution < -0.4 is 5.73 Å². The maximum atomic E-state index is 13.3. The zero-order valence-corrected chi connectivity index (χ0v) is 16.1. The van der Waals surface area contributed by atoms with Gasteiger partial charge in [-0.3, -0.25) is 4.79 Å². The Labute approximate surface area is 162 Å². The quantitative estimate of drug-likeness (QED) is 0.845. The van der Waals surface area contributed by atoms with E-state index in [4.69, 9.17) is 5.73 Å². The van der Waals surface area contributed by atoms with Gasteiger partial charge in [0.25, 0.3) is 0 Å². The lowest BCUT2D eigenvalue weighted by molar-refractivity contribution is -0.136. The molecule has 0 aromatic heterocycles. The topological polar surface area (TPSA) is 46.3 Å². The smallest absolute Gasteiger partial charge is 0.240 e. The lowest BCUT2D eigenvalue weighted by atomic mass is 9.78. The van der Waals surface area contributed by atoms with Gasteiger partial charge in [0.2, 0.25) is 5.91 Å². The third kappa shape index (κ3) is 3.53. The number of likely N-dealkylation sites (N-methyl/N-ethyl adjacent to an activating group) is 1. The van der Waals surface area contributed by atoms with Crippen LogP contribution in [-0.2, 0) is 11.2 Å². The molecule has 4 rings (SSSR count). The zero-order chi connectivity index (χ0) is 18.8. The van der Waals surface area contributed by atoms with Crippen LogP contribution in [0.15, 0.2) is 60.7 Å². The van der Waals surface area contributed by atoms with Crippen LogP contribution in [0.25, 0.3) is 0 Å².